The molecule has 0 N–H and O–H groups in total. The molecule has 7 nitrogen and oxygen atoms in total. The van der Waals surface area contributed by atoms with E-state index in [1.165, 1.54) is 0 Å². The van der Waals surface area contributed by atoms with E-state index in [2.05, 4.69) is 4.99 Å². The Bertz CT molecular complexity index is 644. The molecule has 1 aromatic carbocycles. The van der Waals surface area contributed by atoms with Gasteiger partial charge in [0, 0.05) is 5.56 Å². The van der Waals surface area contributed by atoms with Crippen LogP contribution in [0.15, 0.2) is 22.2 Å². The quantitative estimate of drug-likeness (QED) is 0.609. The summed E-state index contributed by atoms with van der Waals surface area (Å²) >= 11 is 5.45. The van der Waals surface area contributed by atoms with E-state index in [0.717, 1.165) is 5.56 Å². The van der Waals surface area contributed by atoms with Gasteiger partial charge >= 0.3 is 0 Å². The molecule has 0 saturated carbocycles. The van der Waals surface area contributed by atoms with Gasteiger partial charge in [-0.05, 0) is 12.1 Å². The average molecular weight is 337 g/mol. The lowest BCUT2D eigenvalue weighted by Crippen LogP contribution is -2.52. The van der Waals surface area contributed by atoms with Crippen LogP contribution < -0.4 is 14.2 Å². The van der Waals surface area contributed by atoms with Gasteiger partial charge in [-0.1, -0.05) is 5.10 Å². The molecule has 1 saturated heterocycles. The number of benzene rings is 1. The predicted octanol–water partition coefficient (Wildman–Crippen LogP) is 1.14. The Kier molecular flexibility index (Phi) is 4.38. The number of hydrogen-bond donors (Lipinski definition) is 0. The summed E-state index contributed by atoms with van der Waals surface area (Å²) in [6, 6.07) is 3.66. The molecule has 0 bridgehead atoms. The first kappa shape index (κ1) is 16.0. The Morgan fingerprint density at radius 3 is 2.17 bits per heavy atom. The summed E-state index contributed by atoms with van der Waals surface area (Å²) in [5.74, 6) is 2.24. The van der Waals surface area contributed by atoms with Gasteiger partial charge in [-0.2, -0.15) is 9.58 Å². The van der Waals surface area contributed by atoms with Crippen LogP contribution in [0.3, 0.4) is 0 Å². The number of morpholine rings is 1. The zero-order chi connectivity index (χ0) is 16.4. The molecule has 0 aromatic heterocycles. The molecule has 23 heavy (non-hydrogen) atoms. The topological polar surface area (TPSA) is 61.6 Å². The van der Waals surface area contributed by atoms with Crippen LogP contribution in [-0.2, 0) is 17.4 Å². The molecule has 0 aliphatic carbocycles. The van der Waals surface area contributed by atoms with Crippen molar-refractivity contribution in [3.8, 4) is 17.2 Å². The number of methoxy groups -OCH3 is 3. The van der Waals surface area contributed by atoms with Crippen molar-refractivity contribution >= 4 is 23.6 Å². The minimum absolute atomic E-state index is 0.335. The van der Waals surface area contributed by atoms with E-state index in [4.69, 9.17) is 36.7 Å². The van der Waals surface area contributed by atoms with Gasteiger partial charge in [0.05, 0.1) is 34.5 Å². The summed E-state index contributed by atoms with van der Waals surface area (Å²) in [4.78, 5) is 4.49. The molecule has 0 radical (unpaired) electrons. The Hall–Kier alpha value is -1.90. The van der Waals surface area contributed by atoms with Gasteiger partial charge < -0.3 is 31.6 Å². The van der Waals surface area contributed by atoms with Crippen molar-refractivity contribution in [1.82, 2.24) is 0 Å². The van der Waals surface area contributed by atoms with Crippen LogP contribution in [-0.4, -0.2) is 63.2 Å². The lowest BCUT2D eigenvalue weighted by molar-refractivity contribution is -0.851. The number of amidine groups is 2. The highest BCUT2D eigenvalue weighted by Gasteiger charge is 2.36. The van der Waals surface area contributed by atoms with E-state index in [1.807, 2.05) is 12.1 Å². The van der Waals surface area contributed by atoms with Crippen molar-refractivity contribution in [2.75, 3.05) is 47.6 Å². The molecular weight excluding hydrogens is 318 g/mol. The molecule has 2 aliphatic heterocycles. The number of hydrogen-bond acceptors (Lipinski definition) is 7. The first-order valence-electron chi connectivity index (χ1n) is 7.25. The largest absolute Gasteiger partial charge is 0.697 e. The normalized spacial score (nSPS) is 19.3. The zero-order valence-electron chi connectivity index (χ0n) is 13.4. The second-order valence-electron chi connectivity index (χ2n) is 5.21. The average Bonchev–Trinajstić information content (AvgIpc) is 2.90. The van der Waals surface area contributed by atoms with Gasteiger partial charge in [-0.3, -0.25) is 0 Å². The molecule has 2 heterocycles. The van der Waals surface area contributed by atoms with Crippen LogP contribution in [0, 0.1) is 0 Å². The van der Waals surface area contributed by atoms with Crippen LogP contribution in [0.4, 0.5) is 0 Å². The van der Waals surface area contributed by atoms with Crippen molar-refractivity contribution < 1.29 is 23.5 Å². The Morgan fingerprint density at radius 1 is 1.04 bits per heavy atom. The van der Waals surface area contributed by atoms with Gasteiger partial charge in [0.25, 0.3) is 0 Å². The fourth-order valence-electron chi connectivity index (χ4n) is 2.70. The summed E-state index contributed by atoms with van der Waals surface area (Å²) < 4.78 is 21.8. The molecule has 1 spiro atoms. The van der Waals surface area contributed by atoms with E-state index < -0.39 is 0 Å². The number of quaternary nitrogens is 1. The molecule has 3 rings (SSSR count). The smallest absolute Gasteiger partial charge is 0.219 e. The Morgan fingerprint density at radius 2 is 1.65 bits per heavy atom. The first-order chi connectivity index (χ1) is 11.1. The molecule has 1 aromatic rings. The van der Waals surface area contributed by atoms with Gasteiger partial charge in [-0.25, -0.2) is 0 Å². The highest BCUT2D eigenvalue weighted by Crippen LogP contribution is 2.39. The Labute approximate surface area is 140 Å². The molecular formula is C15H19N3O4S. The number of ether oxygens (including phenoxy) is 4. The van der Waals surface area contributed by atoms with Crippen molar-refractivity contribution in [2.24, 2.45) is 10.1 Å². The molecule has 0 unspecified atom stereocenters. The zero-order valence-corrected chi connectivity index (χ0v) is 14.2. The lowest BCUT2D eigenvalue weighted by atomic mass is 10.1. The second kappa shape index (κ2) is 6.31. The monoisotopic (exact) mass is 337 g/mol. The third-order valence-corrected chi connectivity index (χ3v) is 4.41. The van der Waals surface area contributed by atoms with Gasteiger partial charge in [0.1, 0.15) is 18.3 Å². The van der Waals surface area contributed by atoms with Crippen molar-refractivity contribution in [3.63, 3.8) is 0 Å². The third-order valence-electron chi connectivity index (χ3n) is 3.98. The highest BCUT2D eigenvalue weighted by atomic mass is 32.1. The van der Waals surface area contributed by atoms with Gasteiger partial charge in [0.2, 0.25) is 11.6 Å². The third kappa shape index (κ3) is 2.73. The maximum atomic E-state index is 5.45. The van der Waals surface area contributed by atoms with Crippen LogP contribution >= 0.6 is 0 Å². The van der Waals surface area contributed by atoms with E-state index in [1.54, 1.807) is 21.3 Å². The summed E-state index contributed by atoms with van der Waals surface area (Å²) in [5, 5.41) is 5.32. The van der Waals surface area contributed by atoms with Crippen LogP contribution in [0.1, 0.15) is 5.56 Å². The van der Waals surface area contributed by atoms with Crippen LogP contribution in [0.25, 0.3) is 0 Å². The summed E-state index contributed by atoms with van der Waals surface area (Å²) in [7, 11) is 4.73. The SMILES string of the molecule is COc1cc(C2=N[N+]3(CCOCC3)C([S-])=N2)cc(OC)c1OC. The summed E-state index contributed by atoms with van der Waals surface area (Å²) in [6.45, 7) is 2.66. The standard InChI is InChI=1S/C15H19N3O4S/c1-19-11-8-10(9-12(20-2)13(11)21-3)14-16-15(23)18(17-14)4-6-22-7-5-18/h8-9H,4-7H2,1-3H3. The van der Waals surface area contributed by atoms with E-state index in [0.29, 0.717) is 59.1 Å². The van der Waals surface area contributed by atoms with Crippen LogP contribution in [0.5, 0.6) is 17.2 Å². The maximum absolute atomic E-state index is 5.45. The van der Waals surface area contributed by atoms with Gasteiger partial charge in [-0.15, -0.1) is 0 Å². The molecule has 0 atom stereocenters. The van der Waals surface area contributed by atoms with Crippen LogP contribution in [0.2, 0.25) is 0 Å². The molecule has 8 heteroatoms. The van der Waals surface area contributed by atoms with Crippen molar-refractivity contribution in [2.45, 2.75) is 0 Å². The molecule has 0 amide bonds. The fraction of sp³-hybridized carbons (Fsp3) is 0.467. The minimum atomic E-state index is 0.335. The lowest BCUT2D eigenvalue weighted by Gasteiger charge is -2.35. The highest BCUT2D eigenvalue weighted by molar-refractivity contribution is 7.76. The second-order valence-corrected chi connectivity index (χ2v) is 5.58. The summed E-state index contributed by atoms with van der Waals surface area (Å²) in [6.07, 6.45) is 0. The number of aliphatic imine (C=N–C) groups is 1. The Balaban J connectivity index is 2.04. The number of rotatable bonds is 4. The number of nitrogens with zero attached hydrogens (tertiary/aromatic N) is 3. The van der Waals surface area contributed by atoms with E-state index in [-0.39, 0.29) is 0 Å². The molecule has 1 fully saturated rings. The minimum Gasteiger partial charge on any atom is -0.697 e. The fourth-order valence-corrected chi connectivity index (χ4v) is 3.01. The molecule has 124 valence electrons. The predicted molar refractivity (Wildman–Crippen MR) is 88.2 cm³/mol. The van der Waals surface area contributed by atoms with Gasteiger partial charge in [0.15, 0.2) is 11.5 Å². The summed E-state index contributed by atoms with van der Waals surface area (Å²) in [5.41, 5.74) is 0.781. The molecule has 2 aliphatic rings. The van der Waals surface area contributed by atoms with Crippen molar-refractivity contribution in [3.05, 3.63) is 17.7 Å². The van der Waals surface area contributed by atoms with Crippen molar-refractivity contribution in [1.29, 1.82) is 0 Å². The van der Waals surface area contributed by atoms with E-state index >= 15 is 0 Å². The van der Waals surface area contributed by atoms with E-state index in [9.17, 15) is 0 Å². The first-order valence-corrected chi connectivity index (χ1v) is 7.66. The maximum Gasteiger partial charge on any atom is 0.219 e.